The lowest BCUT2D eigenvalue weighted by Gasteiger charge is -2.32. The second-order valence-corrected chi connectivity index (χ2v) is 8.36. The Labute approximate surface area is 159 Å². The largest absolute Gasteiger partial charge is 0.494 e. The highest BCUT2D eigenvalue weighted by atomic mass is 32.2. The van der Waals surface area contributed by atoms with E-state index in [1.165, 1.54) is 13.0 Å². The molecule has 26 heavy (non-hydrogen) atoms. The van der Waals surface area contributed by atoms with Crippen LogP contribution in [0.5, 0.6) is 5.75 Å². The van der Waals surface area contributed by atoms with Crippen molar-refractivity contribution in [2.75, 3.05) is 12.4 Å². The van der Waals surface area contributed by atoms with Crippen molar-refractivity contribution in [1.82, 2.24) is 0 Å². The van der Waals surface area contributed by atoms with Crippen LogP contribution < -0.4 is 4.74 Å². The van der Waals surface area contributed by atoms with Gasteiger partial charge in [-0.3, -0.25) is 4.79 Å². The SMILES string of the molecule is CCOc1ccc(C=C(CSC(C)=O)B2OC(C)(C)C(C)(C)O2)c(F)c1. The molecule has 0 radical (unpaired) electrons. The molecule has 0 aromatic heterocycles. The van der Waals surface area contributed by atoms with Crippen molar-refractivity contribution in [2.24, 2.45) is 0 Å². The van der Waals surface area contributed by atoms with Crippen LogP contribution in [0.15, 0.2) is 23.7 Å². The van der Waals surface area contributed by atoms with Crippen LogP contribution >= 0.6 is 11.8 Å². The van der Waals surface area contributed by atoms with Gasteiger partial charge in [0.25, 0.3) is 0 Å². The fraction of sp³-hybridized carbons (Fsp3) is 0.526. The van der Waals surface area contributed by atoms with Crippen LogP contribution in [0, 0.1) is 5.82 Å². The molecule has 0 unspecified atom stereocenters. The Kier molecular flexibility index (Phi) is 6.58. The van der Waals surface area contributed by atoms with Gasteiger partial charge in [0, 0.05) is 24.3 Å². The molecule has 1 aliphatic rings. The Morgan fingerprint density at radius 2 is 1.88 bits per heavy atom. The minimum atomic E-state index is -0.627. The normalized spacial score (nSPS) is 18.9. The predicted octanol–water partition coefficient (Wildman–Crippen LogP) is 4.52. The Hall–Kier alpha value is -1.31. The lowest BCUT2D eigenvalue weighted by atomic mass is 9.78. The zero-order valence-electron chi connectivity index (χ0n) is 16.2. The second-order valence-electron chi connectivity index (χ2n) is 7.20. The molecule has 1 saturated heterocycles. The van der Waals surface area contributed by atoms with E-state index in [1.54, 1.807) is 18.2 Å². The molecule has 2 rings (SSSR count). The maximum absolute atomic E-state index is 14.4. The predicted molar refractivity (Wildman–Crippen MR) is 105 cm³/mol. The van der Waals surface area contributed by atoms with Crippen molar-refractivity contribution >= 4 is 30.1 Å². The van der Waals surface area contributed by atoms with E-state index in [0.29, 0.717) is 29.1 Å². The number of carbonyl (C=O) groups excluding carboxylic acids is 1. The molecule has 0 N–H and O–H groups in total. The number of thioether (sulfide) groups is 1. The Morgan fingerprint density at radius 1 is 1.27 bits per heavy atom. The van der Waals surface area contributed by atoms with Crippen LogP contribution in [0.2, 0.25) is 0 Å². The molecule has 1 aliphatic heterocycles. The van der Waals surface area contributed by atoms with Gasteiger partial charge in [-0.15, -0.1) is 0 Å². The minimum absolute atomic E-state index is 0.0143. The average molecular weight is 380 g/mol. The third-order valence-electron chi connectivity index (χ3n) is 4.62. The monoisotopic (exact) mass is 380 g/mol. The maximum atomic E-state index is 14.4. The van der Waals surface area contributed by atoms with Gasteiger partial charge < -0.3 is 14.0 Å². The number of rotatable bonds is 6. The molecule has 0 aliphatic carbocycles. The van der Waals surface area contributed by atoms with Gasteiger partial charge in [-0.2, -0.15) is 0 Å². The van der Waals surface area contributed by atoms with E-state index < -0.39 is 24.1 Å². The second kappa shape index (κ2) is 8.15. The molecule has 1 aromatic carbocycles. The van der Waals surface area contributed by atoms with Crippen molar-refractivity contribution in [3.63, 3.8) is 0 Å². The summed E-state index contributed by atoms with van der Waals surface area (Å²) >= 11 is 1.15. The summed E-state index contributed by atoms with van der Waals surface area (Å²) in [4.78, 5) is 11.4. The van der Waals surface area contributed by atoms with Crippen LogP contribution in [0.3, 0.4) is 0 Å². The number of ether oxygens (including phenoxy) is 1. The van der Waals surface area contributed by atoms with Crippen LogP contribution in [0.4, 0.5) is 4.39 Å². The highest BCUT2D eigenvalue weighted by molar-refractivity contribution is 8.13. The van der Waals surface area contributed by atoms with Crippen molar-refractivity contribution in [1.29, 1.82) is 0 Å². The van der Waals surface area contributed by atoms with Gasteiger partial charge in [-0.1, -0.05) is 17.8 Å². The fourth-order valence-corrected chi connectivity index (χ4v) is 3.03. The molecule has 1 fully saturated rings. The molecule has 1 aromatic rings. The van der Waals surface area contributed by atoms with E-state index in [4.69, 9.17) is 14.0 Å². The summed E-state index contributed by atoms with van der Waals surface area (Å²) in [7, 11) is -0.627. The third kappa shape index (κ3) is 4.90. The molecule has 4 nitrogen and oxygen atoms in total. The van der Waals surface area contributed by atoms with Crippen LogP contribution in [-0.4, -0.2) is 35.8 Å². The summed E-state index contributed by atoms with van der Waals surface area (Å²) < 4.78 is 31.9. The zero-order chi connectivity index (χ0) is 19.5. The summed E-state index contributed by atoms with van der Waals surface area (Å²) in [6, 6.07) is 4.73. The van der Waals surface area contributed by atoms with Crippen molar-refractivity contribution in [3.05, 3.63) is 35.1 Å². The number of carbonyl (C=O) groups is 1. The first-order chi connectivity index (χ1) is 12.1. The zero-order valence-corrected chi connectivity index (χ0v) is 17.0. The molecule has 0 bridgehead atoms. The quantitative estimate of drug-likeness (QED) is 0.679. The summed E-state index contributed by atoms with van der Waals surface area (Å²) in [6.07, 6.45) is 1.70. The highest BCUT2D eigenvalue weighted by Gasteiger charge is 2.52. The van der Waals surface area contributed by atoms with Crippen molar-refractivity contribution in [3.8, 4) is 5.75 Å². The lowest BCUT2D eigenvalue weighted by molar-refractivity contribution is -0.109. The molecular weight excluding hydrogens is 354 g/mol. The van der Waals surface area contributed by atoms with Gasteiger partial charge in [-0.25, -0.2) is 4.39 Å². The van der Waals surface area contributed by atoms with Gasteiger partial charge in [0.15, 0.2) is 5.12 Å². The van der Waals surface area contributed by atoms with Gasteiger partial charge in [0.1, 0.15) is 11.6 Å². The molecule has 0 atom stereocenters. The van der Waals surface area contributed by atoms with Crippen LogP contribution in [-0.2, 0) is 14.1 Å². The minimum Gasteiger partial charge on any atom is -0.494 e. The van der Waals surface area contributed by atoms with E-state index >= 15 is 0 Å². The first-order valence-corrected chi connectivity index (χ1v) is 9.66. The first kappa shape index (κ1) is 21.0. The van der Waals surface area contributed by atoms with E-state index in [2.05, 4.69) is 0 Å². The number of hydrogen-bond acceptors (Lipinski definition) is 5. The van der Waals surface area contributed by atoms with Gasteiger partial charge >= 0.3 is 7.12 Å². The summed E-state index contributed by atoms with van der Waals surface area (Å²) in [5.41, 5.74) is 0.110. The Balaban J connectivity index is 2.33. The molecular formula is C19H26BFO4S. The third-order valence-corrected chi connectivity index (χ3v) is 5.51. The van der Waals surface area contributed by atoms with Crippen LogP contribution in [0.1, 0.15) is 47.1 Å². The smallest absolute Gasteiger partial charge is 0.491 e. The number of benzene rings is 1. The molecule has 7 heteroatoms. The first-order valence-electron chi connectivity index (χ1n) is 8.67. The van der Waals surface area contributed by atoms with E-state index in [1.807, 2.05) is 34.6 Å². The van der Waals surface area contributed by atoms with Crippen molar-refractivity contribution < 1.29 is 23.2 Å². The van der Waals surface area contributed by atoms with Crippen molar-refractivity contribution in [2.45, 2.75) is 52.7 Å². The molecule has 142 valence electrons. The Bertz CT molecular complexity index is 687. The summed E-state index contributed by atoms with van der Waals surface area (Å²) in [5, 5.41) is -0.0143. The Morgan fingerprint density at radius 3 is 2.38 bits per heavy atom. The topological polar surface area (TPSA) is 44.8 Å². The molecule has 1 heterocycles. The standard InChI is InChI=1S/C19H26BFO4S/c1-7-23-16-9-8-14(17(21)11-16)10-15(12-26-13(2)22)20-24-18(3,4)19(5,6)25-20/h8-11H,7,12H2,1-6H3. The molecule has 0 spiro atoms. The molecule has 0 saturated carbocycles. The van der Waals surface area contributed by atoms with E-state index in [0.717, 1.165) is 11.8 Å². The van der Waals surface area contributed by atoms with Gasteiger partial charge in [0.05, 0.1) is 17.8 Å². The lowest BCUT2D eigenvalue weighted by Crippen LogP contribution is -2.41. The average Bonchev–Trinajstić information content (AvgIpc) is 2.73. The number of halogens is 1. The summed E-state index contributed by atoms with van der Waals surface area (Å²) in [6.45, 7) is 11.7. The highest BCUT2D eigenvalue weighted by Crippen LogP contribution is 2.39. The summed E-state index contributed by atoms with van der Waals surface area (Å²) in [5.74, 6) is 0.467. The van der Waals surface area contributed by atoms with Crippen LogP contribution in [0.25, 0.3) is 6.08 Å². The fourth-order valence-electron chi connectivity index (χ4n) is 2.44. The molecule has 0 amide bonds. The van der Waals surface area contributed by atoms with Gasteiger partial charge in [0.2, 0.25) is 0 Å². The van der Waals surface area contributed by atoms with E-state index in [9.17, 15) is 9.18 Å². The van der Waals surface area contributed by atoms with E-state index in [-0.39, 0.29) is 5.12 Å². The maximum Gasteiger partial charge on any atom is 0.491 e. The van der Waals surface area contributed by atoms with Gasteiger partial charge in [-0.05, 0) is 52.2 Å². The number of hydrogen-bond donors (Lipinski definition) is 0.